The lowest BCUT2D eigenvalue weighted by Gasteiger charge is -2.15. The van der Waals surface area contributed by atoms with E-state index in [2.05, 4.69) is 20.7 Å². The Balaban J connectivity index is 1.53. The summed E-state index contributed by atoms with van der Waals surface area (Å²) in [4.78, 5) is 36.9. The van der Waals surface area contributed by atoms with Crippen molar-refractivity contribution in [3.05, 3.63) is 77.6 Å². The minimum atomic E-state index is -1.28. The van der Waals surface area contributed by atoms with E-state index in [4.69, 9.17) is 9.84 Å². The fourth-order valence-electron chi connectivity index (χ4n) is 2.92. The Hall–Kier alpha value is -4.08. The monoisotopic (exact) mass is 437 g/mol. The molecule has 0 aliphatic heterocycles. The summed E-state index contributed by atoms with van der Waals surface area (Å²) in [5.74, 6) is -1.34. The van der Waals surface area contributed by atoms with Gasteiger partial charge in [-0.3, -0.25) is 9.59 Å². The Morgan fingerprint density at radius 2 is 1.62 bits per heavy atom. The molecule has 32 heavy (non-hydrogen) atoms. The number of aliphatic carboxylic acids is 1. The van der Waals surface area contributed by atoms with Gasteiger partial charge in [-0.1, -0.05) is 60.7 Å². The number of alkyl carbamates (subject to hydrolysis) is 1. The second-order valence-corrected chi connectivity index (χ2v) is 7.04. The zero-order valence-electron chi connectivity index (χ0n) is 17.3. The fourth-order valence-corrected chi connectivity index (χ4v) is 2.92. The van der Waals surface area contributed by atoms with E-state index in [1.54, 1.807) is 24.3 Å². The molecule has 0 saturated carbocycles. The minimum Gasteiger partial charge on any atom is -0.481 e. The van der Waals surface area contributed by atoms with Crippen molar-refractivity contribution in [2.24, 2.45) is 0 Å². The van der Waals surface area contributed by atoms with Crippen LogP contribution in [0.15, 0.2) is 60.7 Å². The van der Waals surface area contributed by atoms with Gasteiger partial charge in [0.1, 0.15) is 19.2 Å². The van der Waals surface area contributed by atoms with Crippen molar-refractivity contribution in [2.45, 2.75) is 38.5 Å². The molecule has 0 fully saturated rings. The molecule has 0 aliphatic rings. The van der Waals surface area contributed by atoms with Gasteiger partial charge in [-0.25, -0.2) is 4.79 Å². The topological polar surface area (TPSA) is 136 Å². The first-order valence-corrected chi connectivity index (χ1v) is 10.0. The van der Waals surface area contributed by atoms with E-state index < -0.39 is 30.3 Å². The highest BCUT2D eigenvalue weighted by Gasteiger charge is 2.25. The Bertz CT molecular complexity index is 1040. The fraction of sp³-hybridized carbons (Fsp3) is 0.273. The molecular formula is C22H23N5O5. The summed E-state index contributed by atoms with van der Waals surface area (Å²) in [6.07, 6.45) is -0.212. The van der Waals surface area contributed by atoms with Crippen LogP contribution in [0.25, 0.3) is 0 Å². The van der Waals surface area contributed by atoms with Crippen LogP contribution in [0.4, 0.5) is 4.79 Å². The maximum absolute atomic E-state index is 12.6. The lowest BCUT2D eigenvalue weighted by molar-refractivity contribution is -0.139. The van der Waals surface area contributed by atoms with Crippen LogP contribution in [-0.4, -0.2) is 49.2 Å². The number of carboxylic acids is 1. The third-order valence-electron chi connectivity index (χ3n) is 4.54. The normalized spacial score (nSPS) is 11.5. The molecule has 2 aromatic carbocycles. The number of ketones is 1. The molecule has 1 heterocycles. The van der Waals surface area contributed by atoms with Gasteiger partial charge in [-0.2, -0.15) is 4.80 Å². The summed E-state index contributed by atoms with van der Waals surface area (Å²) < 4.78 is 5.07. The van der Waals surface area contributed by atoms with Crippen LogP contribution in [0.3, 0.4) is 0 Å². The van der Waals surface area contributed by atoms with Gasteiger partial charge in [0.15, 0.2) is 11.6 Å². The van der Waals surface area contributed by atoms with Gasteiger partial charge in [-0.15, -0.1) is 10.2 Å². The maximum Gasteiger partial charge on any atom is 0.408 e. The molecule has 10 heteroatoms. The molecule has 0 radical (unpaired) electrons. The molecule has 1 unspecified atom stereocenters. The van der Waals surface area contributed by atoms with Gasteiger partial charge in [0.25, 0.3) is 0 Å². The number of carboxylic acid groups (broad SMARTS) is 1. The number of aromatic nitrogens is 4. The number of carbonyl (C=O) groups excluding carboxylic acids is 2. The molecule has 0 aliphatic carbocycles. The lowest BCUT2D eigenvalue weighted by Crippen LogP contribution is -2.44. The van der Waals surface area contributed by atoms with E-state index >= 15 is 0 Å². The van der Waals surface area contributed by atoms with Crippen molar-refractivity contribution in [3.63, 3.8) is 0 Å². The van der Waals surface area contributed by atoms with Crippen molar-refractivity contribution >= 4 is 17.8 Å². The average Bonchev–Trinajstić information content (AvgIpc) is 3.24. The van der Waals surface area contributed by atoms with E-state index in [1.807, 2.05) is 36.4 Å². The summed E-state index contributed by atoms with van der Waals surface area (Å²) in [7, 11) is 0. The van der Waals surface area contributed by atoms with E-state index in [-0.39, 0.29) is 13.2 Å². The van der Waals surface area contributed by atoms with Gasteiger partial charge in [0.2, 0.25) is 0 Å². The number of aryl methyl sites for hydroxylation is 2. The quantitative estimate of drug-likeness (QED) is 0.463. The van der Waals surface area contributed by atoms with Gasteiger partial charge in [0, 0.05) is 6.42 Å². The number of carbonyl (C=O) groups is 3. The molecule has 166 valence electrons. The Kier molecular flexibility index (Phi) is 8.02. The van der Waals surface area contributed by atoms with Crippen LogP contribution in [0.2, 0.25) is 0 Å². The van der Waals surface area contributed by atoms with E-state index in [0.29, 0.717) is 12.2 Å². The number of nitrogens with zero attached hydrogens (tertiary/aromatic N) is 4. The average molecular weight is 437 g/mol. The molecule has 2 N–H and O–H groups in total. The summed E-state index contributed by atoms with van der Waals surface area (Å²) in [5.41, 5.74) is 1.89. The summed E-state index contributed by atoms with van der Waals surface area (Å²) >= 11 is 0. The molecule has 0 saturated heterocycles. The van der Waals surface area contributed by atoms with Crippen LogP contribution in [0, 0.1) is 0 Å². The van der Waals surface area contributed by atoms with Crippen LogP contribution in [0.5, 0.6) is 0 Å². The number of hydrogen-bond donors (Lipinski definition) is 2. The van der Waals surface area contributed by atoms with Gasteiger partial charge < -0.3 is 15.2 Å². The second kappa shape index (κ2) is 11.3. The van der Waals surface area contributed by atoms with Crippen molar-refractivity contribution in [1.82, 2.24) is 25.5 Å². The molecule has 1 aromatic heterocycles. The third-order valence-corrected chi connectivity index (χ3v) is 4.54. The summed E-state index contributed by atoms with van der Waals surface area (Å²) in [6.45, 7) is -0.328. The molecule has 3 rings (SSSR count). The molecule has 1 atom stereocenters. The van der Waals surface area contributed by atoms with Crippen LogP contribution in [-0.2, 0) is 40.3 Å². The first-order chi connectivity index (χ1) is 15.5. The Labute approximate surface area is 184 Å². The highest BCUT2D eigenvalue weighted by Crippen LogP contribution is 2.05. The van der Waals surface area contributed by atoms with E-state index in [1.165, 1.54) is 0 Å². The predicted molar refractivity (Wildman–Crippen MR) is 112 cm³/mol. The van der Waals surface area contributed by atoms with Crippen molar-refractivity contribution in [1.29, 1.82) is 0 Å². The zero-order chi connectivity index (χ0) is 22.8. The highest BCUT2D eigenvalue weighted by atomic mass is 16.5. The van der Waals surface area contributed by atoms with Crippen molar-refractivity contribution in [2.75, 3.05) is 0 Å². The van der Waals surface area contributed by atoms with Gasteiger partial charge in [0.05, 0.1) is 6.42 Å². The minimum absolute atomic E-state index is 0.00391. The maximum atomic E-state index is 12.6. The first kappa shape index (κ1) is 22.6. The molecular weight excluding hydrogens is 414 g/mol. The summed E-state index contributed by atoms with van der Waals surface area (Å²) in [6, 6.07) is 17.5. The van der Waals surface area contributed by atoms with Crippen molar-refractivity contribution in [3.8, 4) is 0 Å². The number of tetrazole rings is 1. The number of hydrogen-bond acceptors (Lipinski definition) is 7. The van der Waals surface area contributed by atoms with Crippen LogP contribution >= 0.6 is 0 Å². The second-order valence-electron chi connectivity index (χ2n) is 7.04. The standard InChI is InChI=1S/C22H23N5O5/c28-19(14-27-25-20(24-26-27)12-11-16-7-3-1-4-8-16)18(13-21(29)30)23-22(31)32-15-17-9-5-2-6-10-17/h1-10,18H,11-15H2,(H,23,31)(H,29,30). The lowest BCUT2D eigenvalue weighted by atomic mass is 10.1. The number of ether oxygens (including phenoxy) is 1. The smallest absolute Gasteiger partial charge is 0.408 e. The first-order valence-electron chi connectivity index (χ1n) is 10.0. The number of Topliss-reactive ketones (excluding diaryl/α,β-unsaturated/α-hetero) is 1. The van der Waals surface area contributed by atoms with Gasteiger partial charge >= 0.3 is 12.1 Å². The molecule has 10 nitrogen and oxygen atoms in total. The number of rotatable bonds is 11. The Morgan fingerprint density at radius 1 is 0.969 bits per heavy atom. The van der Waals surface area contributed by atoms with Crippen molar-refractivity contribution < 1.29 is 24.2 Å². The van der Waals surface area contributed by atoms with E-state index in [0.717, 1.165) is 22.3 Å². The molecule has 0 bridgehead atoms. The summed E-state index contributed by atoms with van der Waals surface area (Å²) in [5, 5.41) is 23.4. The zero-order valence-corrected chi connectivity index (χ0v) is 17.3. The van der Waals surface area contributed by atoms with Gasteiger partial charge in [-0.05, 0) is 22.8 Å². The predicted octanol–water partition coefficient (Wildman–Crippen LogP) is 1.80. The SMILES string of the molecule is O=C(O)CC(NC(=O)OCc1ccccc1)C(=O)Cn1nnc(CCc2ccccc2)n1. The third kappa shape index (κ3) is 7.31. The number of benzene rings is 2. The molecule has 3 aromatic rings. The molecule has 0 spiro atoms. The van der Waals surface area contributed by atoms with Crippen LogP contribution < -0.4 is 5.32 Å². The van der Waals surface area contributed by atoms with E-state index in [9.17, 15) is 14.4 Å². The number of amides is 1. The number of nitrogens with one attached hydrogen (secondary N) is 1. The Morgan fingerprint density at radius 3 is 2.28 bits per heavy atom. The largest absolute Gasteiger partial charge is 0.481 e. The molecule has 1 amide bonds. The highest BCUT2D eigenvalue weighted by molar-refractivity contribution is 5.90. The van der Waals surface area contributed by atoms with Crippen LogP contribution in [0.1, 0.15) is 23.4 Å².